The van der Waals surface area contributed by atoms with Crippen LogP contribution < -0.4 is 5.32 Å². The third-order valence-corrected chi connectivity index (χ3v) is 3.64. The number of amides is 1. The number of halogens is 1. The molecule has 4 nitrogen and oxygen atoms in total. The van der Waals surface area contributed by atoms with Crippen LogP contribution in [0.25, 0.3) is 0 Å². The van der Waals surface area contributed by atoms with Crippen molar-refractivity contribution in [2.45, 2.75) is 24.3 Å². The summed E-state index contributed by atoms with van der Waals surface area (Å²) in [6.45, 7) is 1.84. The van der Waals surface area contributed by atoms with Crippen LogP contribution in [0.3, 0.4) is 0 Å². The first-order valence-electron chi connectivity index (χ1n) is 5.20. The predicted molar refractivity (Wildman–Crippen MR) is 69.9 cm³/mol. The number of terminal acetylenes is 1. The van der Waals surface area contributed by atoms with Crippen molar-refractivity contribution in [3.63, 3.8) is 0 Å². The highest BCUT2D eigenvalue weighted by atomic mass is 35.7. The molecule has 1 N–H and O–H groups in total. The summed E-state index contributed by atoms with van der Waals surface area (Å²) >= 11 is 0. The topological polar surface area (TPSA) is 63.2 Å². The first-order chi connectivity index (χ1) is 8.38. The van der Waals surface area contributed by atoms with Gasteiger partial charge in [-0.3, -0.25) is 4.79 Å². The molecule has 1 aromatic carbocycles. The SMILES string of the molecule is C#CC(CC)NC(=O)c1cccc(S(=O)(=O)Cl)c1. The van der Waals surface area contributed by atoms with Gasteiger partial charge >= 0.3 is 0 Å². The van der Waals surface area contributed by atoms with E-state index in [0.717, 1.165) is 0 Å². The Hall–Kier alpha value is -1.51. The van der Waals surface area contributed by atoms with E-state index in [2.05, 4.69) is 11.2 Å². The van der Waals surface area contributed by atoms with Gasteiger partial charge in [-0.05, 0) is 24.6 Å². The molecule has 96 valence electrons. The lowest BCUT2D eigenvalue weighted by Crippen LogP contribution is -2.33. The van der Waals surface area contributed by atoms with Gasteiger partial charge < -0.3 is 5.32 Å². The molecule has 1 unspecified atom stereocenters. The van der Waals surface area contributed by atoms with Crippen molar-refractivity contribution >= 4 is 25.6 Å². The molecule has 0 spiro atoms. The molecule has 0 aromatic heterocycles. The number of hydrogen-bond acceptors (Lipinski definition) is 3. The molecule has 6 heteroatoms. The molecular weight excluding hydrogens is 274 g/mol. The first-order valence-corrected chi connectivity index (χ1v) is 7.51. The van der Waals surface area contributed by atoms with Crippen LogP contribution in [0.4, 0.5) is 0 Å². The minimum Gasteiger partial charge on any atom is -0.338 e. The Labute approximate surface area is 111 Å². The maximum absolute atomic E-state index is 11.8. The number of carbonyl (C=O) groups excluding carboxylic acids is 1. The van der Waals surface area contributed by atoms with Gasteiger partial charge in [0.05, 0.1) is 10.9 Å². The molecule has 0 heterocycles. The van der Waals surface area contributed by atoms with E-state index >= 15 is 0 Å². The van der Waals surface area contributed by atoms with E-state index in [9.17, 15) is 13.2 Å². The molecule has 1 atom stereocenters. The van der Waals surface area contributed by atoms with Gasteiger partial charge in [-0.2, -0.15) is 0 Å². The summed E-state index contributed by atoms with van der Waals surface area (Å²) < 4.78 is 22.3. The summed E-state index contributed by atoms with van der Waals surface area (Å²) in [7, 11) is 1.36. The summed E-state index contributed by atoms with van der Waals surface area (Å²) in [5.74, 6) is 1.99. The molecule has 0 fully saturated rings. The van der Waals surface area contributed by atoms with E-state index in [1.807, 2.05) is 6.92 Å². The van der Waals surface area contributed by atoms with Crippen LogP contribution in [0.1, 0.15) is 23.7 Å². The van der Waals surface area contributed by atoms with Crippen molar-refractivity contribution < 1.29 is 13.2 Å². The van der Waals surface area contributed by atoms with Crippen molar-refractivity contribution in [1.82, 2.24) is 5.32 Å². The fourth-order valence-corrected chi connectivity index (χ4v) is 2.09. The molecule has 1 aromatic rings. The van der Waals surface area contributed by atoms with Crippen molar-refractivity contribution in [2.75, 3.05) is 0 Å². The third kappa shape index (κ3) is 3.76. The monoisotopic (exact) mass is 285 g/mol. The van der Waals surface area contributed by atoms with Gasteiger partial charge in [-0.1, -0.05) is 18.9 Å². The quantitative estimate of drug-likeness (QED) is 0.677. The number of carbonyl (C=O) groups is 1. The molecular formula is C12H12ClNO3S. The third-order valence-electron chi connectivity index (χ3n) is 2.29. The second kappa shape index (κ2) is 5.89. The summed E-state index contributed by atoms with van der Waals surface area (Å²) in [5, 5.41) is 2.60. The molecule has 1 amide bonds. The highest BCUT2D eigenvalue weighted by Crippen LogP contribution is 2.16. The highest BCUT2D eigenvalue weighted by Gasteiger charge is 2.14. The Bertz CT molecular complexity index is 590. The Morgan fingerprint density at radius 3 is 2.72 bits per heavy atom. The summed E-state index contributed by atoms with van der Waals surface area (Å²) in [6.07, 6.45) is 5.82. The average molecular weight is 286 g/mol. The number of nitrogens with one attached hydrogen (secondary N) is 1. The molecule has 18 heavy (non-hydrogen) atoms. The maximum Gasteiger partial charge on any atom is 0.261 e. The zero-order chi connectivity index (χ0) is 13.8. The zero-order valence-corrected chi connectivity index (χ0v) is 11.3. The van der Waals surface area contributed by atoms with E-state index in [-0.39, 0.29) is 16.5 Å². The van der Waals surface area contributed by atoms with Crippen LogP contribution in [-0.2, 0) is 9.05 Å². The van der Waals surface area contributed by atoms with E-state index in [1.165, 1.54) is 24.3 Å². The van der Waals surface area contributed by atoms with Crippen LogP contribution in [0.15, 0.2) is 29.2 Å². The normalized spacial score (nSPS) is 12.5. The van der Waals surface area contributed by atoms with E-state index in [0.29, 0.717) is 6.42 Å². The standard InChI is InChI=1S/C12H12ClNO3S/c1-3-10(4-2)14-12(15)9-6-5-7-11(8-9)18(13,16)17/h1,5-8,10H,4H2,2H3,(H,14,15). The van der Waals surface area contributed by atoms with Crippen LogP contribution in [0.2, 0.25) is 0 Å². The lowest BCUT2D eigenvalue weighted by Gasteiger charge is -2.10. The Balaban J connectivity index is 2.98. The van der Waals surface area contributed by atoms with Gasteiger partial charge in [0.2, 0.25) is 0 Å². The minimum atomic E-state index is -3.85. The minimum absolute atomic E-state index is 0.120. The molecule has 0 radical (unpaired) electrons. The number of hydrogen-bond donors (Lipinski definition) is 1. The van der Waals surface area contributed by atoms with Gasteiger partial charge in [0.15, 0.2) is 0 Å². The van der Waals surface area contributed by atoms with Crippen LogP contribution in [-0.4, -0.2) is 20.4 Å². The number of benzene rings is 1. The zero-order valence-electron chi connectivity index (χ0n) is 9.68. The lowest BCUT2D eigenvalue weighted by molar-refractivity contribution is 0.0945. The van der Waals surface area contributed by atoms with Crippen molar-refractivity contribution in [2.24, 2.45) is 0 Å². The molecule has 0 aliphatic heterocycles. The molecule has 0 aliphatic rings. The predicted octanol–water partition coefficient (Wildman–Crippen LogP) is 1.76. The van der Waals surface area contributed by atoms with Crippen molar-refractivity contribution in [3.05, 3.63) is 29.8 Å². The largest absolute Gasteiger partial charge is 0.338 e. The molecule has 0 saturated heterocycles. The van der Waals surface area contributed by atoms with Gasteiger partial charge in [0.1, 0.15) is 0 Å². The van der Waals surface area contributed by atoms with E-state index in [1.54, 1.807) is 0 Å². The Kier molecular flexibility index (Phi) is 4.76. The fourth-order valence-electron chi connectivity index (χ4n) is 1.29. The maximum atomic E-state index is 11.8. The van der Waals surface area contributed by atoms with Gasteiger partial charge in [-0.15, -0.1) is 6.42 Å². The second-order valence-electron chi connectivity index (χ2n) is 3.57. The molecule has 0 aliphatic carbocycles. The Morgan fingerprint density at radius 2 is 2.22 bits per heavy atom. The van der Waals surface area contributed by atoms with E-state index < -0.39 is 15.0 Å². The van der Waals surface area contributed by atoms with Gasteiger partial charge in [-0.25, -0.2) is 8.42 Å². The highest BCUT2D eigenvalue weighted by molar-refractivity contribution is 8.13. The van der Waals surface area contributed by atoms with Gasteiger partial charge in [0, 0.05) is 16.2 Å². The summed E-state index contributed by atoms with van der Waals surface area (Å²) in [5.41, 5.74) is 0.199. The van der Waals surface area contributed by atoms with E-state index in [4.69, 9.17) is 17.1 Å². The first kappa shape index (κ1) is 14.6. The summed E-state index contributed by atoms with van der Waals surface area (Å²) in [4.78, 5) is 11.7. The molecule has 0 saturated carbocycles. The van der Waals surface area contributed by atoms with Crippen molar-refractivity contribution in [3.8, 4) is 12.3 Å². The van der Waals surface area contributed by atoms with Crippen LogP contribution >= 0.6 is 10.7 Å². The van der Waals surface area contributed by atoms with Crippen molar-refractivity contribution in [1.29, 1.82) is 0 Å². The summed E-state index contributed by atoms with van der Waals surface area (Å²) in [6, 6.07) is 5.08. The average Bonchev–Trinajstić information content (AvgIpc) is 2.34. The molecule has 1 rings (SSSR count). The van der Waals surface area contributed by atoms with Gasteiger partial charge in [0.25, 0.3) is 15.0 Å². The number of rotatable bonds is 4. The fraction of sp³-hybridized carbons (Fsp3) is 0.250. The van der Waals surface area contributed by atoms with Crippen LogP contribution in [0, 0.1) is 12.3 Å². The molecule has 0 bridgehead atoms. The Morgan fingerprint density at radius 1 is 1.56 bits per heavy atom. The van der Waals surface area contributed by atoms with Crippen LogP contribution in [0.5, 0.6) is 0 Å². The lowest BCUT2D eigenvalue weighted by atomic mass is 10.2. The smallest absolute Gasteiger partial charge is 0.261 e. The second-order valence-corrected chi connectivity index (χ2v) is 6.13.